The van der Waals surface area contributed by atoms with Crippen LogP contribution in [0.5, 0.6) is 23.0 Å². The fourth-order valence-corrected chi connectivity index (χ4v) is 2.95. The van der Waals surface area contributed by atoms with Crippen LogP contribution >= 0.6 is 0 Å². The smallest absolute Gasteiger partial charge is 0.273 e. The molecule has 4 rings (SSSR count). The van der Waals surface area contributed by atoms with Crippen LogP contribution in [0.3, 0.4) is 0 Å². The maximum absolute atomic E-state index is 13.2. The number of hydrazine groups is 1. The van der Waals surface area contributed by atoms with E-state index in [0.717, 1.165) is 0 Å². The number of ether oxygens (including phenoxy) is 4. The number of para-hydroxylation sites is 1. The molecular formula is C20H20N2O6. The minimum absolute atomic E-state index is 0.0543. The number of amides is 2. The number of fused-ring (bicyclic) bond motifs is 2. The van der Waals surface area contributed by atoms with Crippen LogP contribution < -0.4 is 24.4 Å². The van der Waals surface area contributed by atoms with Crippen molar-refractivity contribution in [2.45, 2.75) is 26.3 Å². The zero-order valence-electron chi connectivity index (χ0n) is 15.8. The molecule has 0 unspecified atom stereocenters. The summed E-state index contributed by atoms with van der Waals surface area (Å²) in [4.78, 5) is 26.1. The Morgan fingerprint density at radius 2 is 1.64 bits per heavy atom. The topological polar surface area (TPSA) is 86.3 Å². The van der Waals surface area contributed by atoms with Gasteiger partial charge in [-0.2, -0.15) is 0 Å². The quantitative estimate of drug-likeness (QED) is 0.802. The predicted molar refractivity (Wildman–Crippen MR) is 98.5 cm³/mol. The second-order valence-corrected chi connectivity index (χ2v) is 7.36. The fraction of sp³-hybridized carbons (Fsp3) is 0.300. The Morgan fingerprint density at radius 1 is 0.929 bits per heavy atom. The van der Waals surface area contributed by atoms with Gasteiger partial charge in [0, 0.05) is 5.56 Å². The van der Waals surface area contributed by atoms with Gasteiger partial charge in [-0.1, -0.05) is 6.07 Å². The number of nitrogens with one attached hydrogen (secondary N) is 1. The van der Waals surface area contributed by atoms with Crippen molar-refractivity contribution >= 4 is 11.8 Å². The van der Waals surface area contributed by atoms with E-state index in [2.05, 4.69) is 5.43 Å². The summed E-state index contributed by atoms with van der Waals surface area (Å²) < 4.78 is 21.3. The average molecular weight is 384 g/mol. The molecule has 2 heterocycles. The van der Waals surface area contributed by atoms with Gasteiger partial charge in [0.1, 0.15) is 0 Å². The van der Waals surface area contributed by atoms with Crippen LogP contribution in [0.2, 0.25) is 0 Å². The van der Waals surface area contributed by atoms with Crippen LogP contribution in [-0.2, 0) is 0 Å². The lowest BCUT2D eigenvalue weighted by Crippen LogP contribution is -2.55. The maximum atomic E-state index is 13.2. The van der Waals surface area contributed by atoms with Gasteiger partial charge in [0.2, 0.25) is 13.6 Å². The van der Waals surface area contributed by atoms with Crippen molar-refractivity contribution in [3.63, 3.8) is 0 Å². The van der Waals surface area contributed by atoms with Gasteiger partial charge >= 0.3 is 0 Å². The first-order valence-corrected chi connectivity index (χ1v) is 8.78. The van der Waals surface area contributed by atoms with E-state index in [1.807, 2.05) is 20.8 Å². The molecule has 146 valence electrons. The second kappa shape index (κ2) is 6.63. The first kappa shape index (κ1) is 18.0. The number of nitrogens with zero attached hydrogens (tertiary/aromatic N) is 1. The molecule has 2 amide bonds. The summed E-state index contributed by atoms with van der Waals surface area (Å²) in [7, 11) is 0. The van der Waals surface area contributed by atoms with Crippen molar-refractivity contribution in [3.8, 4) is 23.0 Å². The highest BCUT2D eigenvalue weighted by atomic mass is 16.7. The van der Waals surface area contributed by atoms with Gasteiger partial charge in [0.05, 0.1) is 11.1 Å². The molecule has 8 heteroatoms. The monoisotopic (exact) mass is 384 g/mol. The molecule has 2 aromatic rings. The normalized spacial score (nSPS) is 14.0. The third-order valence-corrected chi connectivity index (χ3v) is 4.35. The van der Waals surface area contributed by atoms with Gasteiger partial charge in [-0.15, -0.1) is 0 Å². The van der Waals surface area contributed by atoms with E-state index in [1.54, 1.807) is 36.4 Å². The summed E-state index contributed by atoms with van der Waals surface area (Å²) in [5, 5.41) is 1.29. The van der Waals surface area contributed by atoms with E-state index in [-0.39, 0.29) is 19.5 Å². The van der Waals surface area contributed by atoms with Crippen molar-refractivity contribution in [1.29, 1.82) is 0 Å². The van der Waals surface area contributed by atoms with Gasteiger partial charge in [-0.05, 0) is 51.1 Å². The summed E-state index contributed by atoms with van der Waals surface area (Å²) in [6.45, 7) is 5.65. The zero-order valence-corrected chi connectivity index (χ0v) is 15.8. The fourth-order valence-electron chi connectivity index (χ4n) is 2.95. The number of benzene rings is 2. The summed E-state index contributed by atoms with van der Waals surface area (Å²) in [6.07, 6.45) is 0. The van der Waals surface area contributed by atoms with E-state index in [0.29, 0.717) is 34.1 Å². The van der Waals surface area contributed by atoms with E-state index in [4.69, 9.17) is 18.9 Å². The standard InChI is InChI=1S/C20H20N2O6/c1-20(2,3)22(19(24)12-7-8-14-16(9-12)27-10-25-14)21-18(23)13-5-4-6-15-17(13)28-11-26-15/h4-9H,10-11H2,1-3H3,(H,21,23). The molecule has 0 spiro atoms. The van der Waals surface area contributed by atoms with Crippen molar-refractivity contribution < 1.29 is 28.5 Å². The summed E-state index contributed by atoms with van der Waals surface area (Å²) in [5.74, 6) is 1.11. The van der Waals surface area contributed by atoms with Crippen LogP contribution in [0.25, 0.3) is 0 Å². The van der Waals surface area contributed by atoms with Gasteiger partial charge in [-0.25, -0.2) is 5.01 Å². The molecule has 0 saturated heterocycles. The van der Waals surface area contributed by atoms with Crippen molar-refractivity contribution in [1.82, 2.24) is 10.4 Å². The summed E-state index contributed by atoms with van der Waals surface area (Å²) in [5.41, 5.74) is 2.69. The van der Waals surface area contributed by atoms with Crippen molar-refractivity contribution in [2.24, 2.45) is 0 Å². The molecule has 8 nitrogen and oxygen atoms in total. The summed E-state index contributed by atoms with van der Waals surface area (Å²) in [6, 6.07) is 9.95. The van der Waals surface area contributed by atoms with E-state index >= 15 is 0 Å². The molecule has 2 aliphatic rings. The predicted octanol–water partition coefficient (Wildman–Crippen LogP) is 2.73. The number of carbonyl (C=O) groups excluding carboxylic acids is 2. The first-order valence-electron chi connectivity index (χ1n) is 8.78. The Hall–Kier alpha value is -3.42. The highest BCUT2D eigenvalue weighted by Gasteiger charge is 2.32. The minimum Gasteiger partial charge on any atom is -0.454 e. The van der Waals surface area contributed by atoms with Crippen LogP contribution in [0.4, 0.5) is 0 Å². The number of hydrogen-bond donors (Lipinski definition) is 1. The molecule has 28 heavy (non-hydrogen) atoms. The van der Waals surface area contributed by atoms with Crippen molar-refractivity contribution in [3.05, 3.63) is 47.5 Å². The molecule has 0 aliphatic carbocycles. The van der Waals surface area contributed by atoms with E-state index < -0.39 is 11.4 Å². The second-order valence-electron chi connectivity index (χ2n) is 7.36. The Morgan fingerprint density at radius 3 is 2.43 bits per heavy atom. The lowest BCUT2D eigenvalue weighted by atomic mass is 10.1. The summed E-state index contributed by atoms with van der Waals surface area (Å²) >= 11 is 0. The van der Waals surface area contributed by atoms with Crippen LogP contribution in [0, 0.1) is 0 Å². The van der Waals surface area contributed by atoms with Gasteiger partial charge in [0.15, 0.2) is 23.0 Å². The zero-order chi connectivity index (χ0) is 19.9. The van der Waals surface area contributed by atoms with Crippen LogP contribution in [0.1, 0.15) is 41.5 Å². The van der Waals surface area contributed by atoms with E-state index in [1.165, 1.54) is 5.01 Å². The molecule has 2 aromatic carbocycles. The molecule has 0 fully saturated rings. The maximum Gasteiger partial charge on any atom is 0.273 e. The van der Waals surface area contributed by atoms with E-state index in [9.17, 15) is 9.59 Å². The lowest BCUT2D eigenvalue weighted by molar-refractivity contribution is 0.0357. The SMILES string of the molecule is CC(C)(C)N(NC(=O)c1cccc2c1OCO2)C(=O)c1ccc2c(c1)OCO2. The third-order valence-electron chi connectivity index (χ3n) is 4.35. The molecule has 0 atom stereocenters. The molecule has 0 saturated carbocycles. The molecule has 0 aromatic heterocycles. The highest BCUT2D eigenvalue weighted by Crippen LogP contribution is 2.36. The highest BCUT2D eigenvalue weighted by molar-refractivity contribution is 6.01. The molecule has 2 aliphatic heterocycles. The molecule has 0 bridgehead atoms. The number of rotatable bonds is 2. The van der Waals surface area contributed by atoms with Gasteiger partial charge in [0.25, 0.3) is 11.8 Å². The number of carbonyl (C=O) groups is 2. The van der Waals surface area contributed by atoms with Gasteiger partial charge < -0.3 is 18.9 Å². The Kier molecular flexibility index (Phi) is 4.26. The molecule has 0 radical (unpaired) electrons. The van der Waals surface area contributed by atoms with Crippen LogP contribution in [-0.4, -0.2) is 35.9 Å². The van der Waals surface area contributed by atoms with Crippen LogP contribution in [0.15, 0.2) is 36.4 Å². The largest absolute Gasteiger partial charge is 0.454 e. The van der Waals surface area contributed by atoms with Crippen molar-refractivity contribution in [2.75, 3.05) is 13.6 Å². The van der Waals surface area contributed by atoms with Gasteiger partial charge in [-0.3, -0.25) is 15.0 Å². The first-order chi connectivity index (χ1) is 13.3. The Bertz CT molecular complexity index is 950. The Balaban J connectivity index is 1.61. The number of hydrogen-bond acceptors (Lipinski definition) is 6. The lowest BCUT2D eigenvalue weighted by Gasteiger charge is -2.35. The Labute approximate surface area is 161 Å². The molecular weight excluding hydrogens is 364 g/mol. The average Bonchev–Trinajstić information content (AvgIpc) is 3.32. The minimum atomic E-state index is -0.682. The molecule has 1 N–H and O–H groups in total. The third kappa shape index (κ3) is 3.17.